The van der Waals surface area contributed by atoms with Crippen LogP contribution in [0.15, 0.2) is 24.3 Å². The molecule has 0 amide bonds. The molecule has 0 aliphatic carbocycles. The highest BCUT2D eigenvalue weighted by Crippen LogP contribution is 2.38. The molecule has 5 nitrogen and oxygen atoms in total. The summed E-state index contributed by atoms with van der Waals surface area (Å²) in [6, 6.07) is 7.57. The molecule has 0 saturated carbocycles. The van der Waals surface area contributed by atoms with Crippen molar-refractivity contribution in [3.8, 4) is 5.75 Å². The molecule has 25 heavy (non-hydrogen) atoms. The molecule has 0 aliphatic heterocycles. The Morgan fingerprint density at radius 3 is 2.20 bits per heavy atom. The summed E-state index contributed by atoms with van der Waals surface area (Å²) in [5.74, 6) is 0.487. The third kappa shape index (κ3) is 6.80. The van der Waals surface area contributed by atoms with Gasteiger partial charge in [0.15, 0.2) is 8.32 Å². The molecule has 0 N–H and O–H groups in total. The predicted molar refractivity (Wildman–Crippen MR) is 101 cm³/mol. The van der Waals surface area contributed by atoms with E-state index in [4.69, 9.17) is 18.6 Å². The molecule has 0 spiro atoms. The first-order valence-electron chi connectivity index (χ1n) is 8.68. The standard InChI is InChI=1S/C19H32O5Si/c1-8-22-18(20)19(2,3)17(23-13-14-24-25(5,6)7)15-9-11-16(21-4)12-10-15/h9-12,17H,8,13-14H2,1-7H3/t17-/m0/s1. The van der Waals surface area contributed by atoms with Crippen LogP contribution in [0.4, 0.5) is 0 Å². The molecule has 142 valence electrons. The van der Waals surface area contributed by atoms with E-state index in [2.05, 4.69) is 19.6 Å². The van der Waals surface area contributed by atoms with Crippen LogP contribution >= 0.6 is 0 Å². The summed E-state index contributed by atoms with van der Waals surface area (Å²) in [6.45, 7) is 13.2. The molecule has 0 radical (unpaired) electrons. The van der Waals surface area contributed by atoms with E-state index in [1.54, 1.807) is 14.0 Å². The van der Waals surface area contributed by atoms with E-state index in [0.29, 0.717) is 19.8 Å². The van der Waals surface area contributed by atoms with E-state index in [-0.39, 0.29) is 5.97 Å². The Morgan fingerprint density at radius 2 is 1.72 bits per heavy atom. The topological polar surface area (TPSA) is 54.0 Å². The van der Waals surface area contributed by atoms with Gasteiger partial charge < -0.3 is 18.6 Å². The fraction of sp³-hybridized carbons (Fsp3) is 0.632. The predicted octanol–water partition coefficient (Wildman–Crippen LogP) is 4.19. The number of esters is 1. The maximum atomic E-state index is 12.4. The van der Waals surface area contributed by atoms with E-state index < -0.39 is 19.8 Å². The number of carbonyl (C=O) groups is 1. The molecular weight excluding hydrogens is 336 g/mol. The number of carbonyl (C=O) groups excluding carboxylic acids is 1. The normalized spacial score (nSPS) is 13.4. The van der Waals surface area contributed by atoms with Gasteiger partial charge in [-0.05, 0) is 58.1 Å². The molecule has 1 rings (SSSR count). The first-order chi connectivity index (χ1) is 11.6. The fourth-order valence-electron chi connectivity index (χ4n) is 2.44. The number of rotatable bonds is 10. The summed E-state index contributed by atoms with van der Waals surface area (Å²) in [5.41, 5.74) is 0.0934. The average Bonchev–Trinajstić information content (AvgIpc) is 2.54. The van der Waals surface area contributed by atoms with Crippen molar-refractivity contribution in [3.05, 3.63) is 29.8 Å². The van der Waals surface area contributed by atoms with Crippen LogP contribution in [0.5, 0.6) is 5.75 Å². The van der Waals surface area contributed by atoms with Crippen LogP contribution in [0.3, 0.4) is 0 Å². The SMILES string of the molecule is CCOC(=O)C(C)(C)[C@@H](OCCO[Si](C)(C)C)c1ccc(OC)cc1. The van der Waals surface area contributed by atoms with Crippen LogP contribution in [0.1, 0.15) is 32.4 Å². The van der Waals surface area contributed by atoms with Gasteiger partial charge in [0.05, 0.1) is 38.4 Å². The minimum Gasteiger partial charge on any atom is -0.497 e. The minimum atomic E-state index is -1.59. The first kappa shape index (κ1) is 21.7. The second-order valence-corrected chi connectivity index (χ2v) is 11.9. The lowest BCUT2D eigenvalue weighted by atomic mass is 9.82. The van der Waals surface area contributed by atoms with Gasteiger partial charge in [-0.3, -0.25) is 4.79 Å². The number of hydrogen-bond donors (Lipinski definition) is 0. The van der Waals surface area contributed by atoms with Crippen LogP contribution in [-0.4, -0.2) is 41.2 Å². The Hall–Kier alpha value is -1.37. The quantitative estimate of drug-likeness (QED) is 0.352. The molecule has 0 fully saturated rings. The molecule has 6 heteroatoms. The van der Waals surface area contributed by atoms with Gasteiger partial charge in [-0.15, -0.1) is 0 Å². The van der Waals surface area contributed by atoms with Gasteiger partial charge in [0.1, 0.15) is 5.75 Å². The van der Waals surface area contributed by atoms with Crippen molar-refractivity contribution in [3.63, 3.8) is 0 Å². The van der Waals surface area contributed by atoms with Crippen molar-refractivity contribution in [2.24, 2.45) is 5.41 Å². The lowest BCUT2D eigenvalue weighted by Gasteiger charge is -2.32. The Kier molecular flexibility index (Phi) is 8.11. The molecule has 1 aromatic rings. The third-order valence-corrected chi connectivity index (χ3v) is 4.85. The van der Waals surface area contributed by atoms with Gasteiger partial charge >= 0.3 is 5.97 Å². The molecule has 1 aromatic carbocycles. The lowest BCUT2D eigenvalue weighted by molar-refractivity contribution is -0.164. The van der Waals surface area contributed by atoms with E-state index in [9.17, 15) is 4.79 Å². The largest absolute Gasteiger partial charge is 0.497 e. The van der Waals surface area contributed by atoms with Gasteiger partial charge in [-0.2, -0.15) is 0 Å². The Balaban J connectivity index is 2.94. The highest BCUT2D eigenvalue weighted by molar-refractivity contribution is 6.69. The summed E-state index contributed by atoms with van der Waals surface area (Å²) in [7, 11) is 0.0348. The maximum Gasteiger partial charge on any atom is 0.314 e. The summed E-state index contributed by atoms with van der Waals surface area (Å²) in [5, 5.41) is 0. The van der Waals surface area contributed by atoms with E-state index in [1.165, 1.54) is 0 Å². The van der Waals surface area contributed by atoms with Crippen molar-refractivity contribution >= 4 is 14.3 Å². The zero-order valence-electron chi connectivity index (χ0n) is 16.5. The third-order valence-electron chi connectivity index (χ3n) is 3.78. The van der Waals surface area contributed by atoms with Crippen molar-refractivity contribution in [2.75, 3.05) is 26.9 Å². The Morgan fingerprint density at radius 1 is 1.12 bits per heavy atom. The summed E-state index contributed by atoms with van der Waals surface area (Å²) < 4.78 is 22.4. The second kappa shape index (κ2) is 9.36. The summed E-state index contributed by atoms with van der Waals surface area (Å²) >= 11 is 0. The number of ether oxygens (including phenoxy) is 3. The summed E-state index contributed by atoms with van der Waals surface area (Å²) in [6.07, 6.45) is -0.428. The van der Waals surface area contributed by atoms with Crippen molar-refractivity contribution < 1.29 is 23.4 Å². The zero-order chi connectivity index (χ0) is 19.1. The van der Waals surface area contributed by atoms with Crippen molar-refractivity contribution in [1.29, 1.82) is 0 Å². The minimum absolute atomic E-state index is 0.276. The molecule has 0 heterocycles. The van der Waals surface area contributed by atoms with Gasteiger partial charge in [-0.25, -0.2) is 0 Å². The highest BCUT2D eigenvalue weighted by atomic mass is 28.4. The molecular formula is C19H32O5Si. The Bertz CT molecular complexity index is 534. The Labute approximate surface area is 152 Å². The number of benzene rings is 1. The average molecular weight is 369 g/mol. The fourth-order valence-corrected chi connectivity index (χ4v) is 3.13. The second-order valence-electron chi connectivity index (χ2n) is 7.43. The molecule has 0 aromatic heterocycles. The monoisotopic (exact) mass is 368 g/mol. The van der Waals surface area contributed by atoms with Gasteiger partial charge in [0.2, 0.25) is 0 Å². The van der Waals surface area contributed by atoms with Gasteiger partial charge in [0.25, 0.3) is 0 Å². The van der Waals surface area contributed by atoms with Crippen LogP contribution in [-0.2, 0) is 18.7 Å². The number of hydrogen-bond acceptors (Lipinski definition) is 5. The van der Waals surface area contributed by atoms with Crippen LogP contribution in [0.2, 0.25) is 19.6 Å². The van der Waals surface area contributed by atoms with Crippen LogP contribution < -0.4 is 4.74 Å². The molecule has 0 bridgehead atoms. The molecule has 0 saturated heterocycles. The van der Waals surface area contributed by atoms with Crippen molar-refractivity contribution in [2.45, 2.75) is 46.5 Å². The van der Waals surface area contributed by atoms with Crippen LogP contribution in [0, 0.1) is 5.41 Å². The van der Waals surface area contributed by atoms with E-state index >= 15 is 0 Å². The van der Waals surface area contributed by atoms with Crippen molar-refractivity contribution in [1.82, 2.24) is 0 Å². The summed E-state index contributed by atoms with van der Waals surface area (Å²) in [4.78, 5) is 12.4. The number of methoxy groups -OCH3 is 1. The first-order valence-corrected chi connectivity index (χ1v) is 12.1. The smallest absolute Gasteiger partial charge is 0.314 e. The van der Waals surface area contributed by atoms with Gasteiger partial charge in [-0.1, -0.05) is 12.1 Å². The maximum absolute atomic E-state index is 12.4. The van der Waals surface area contributed by atoms with Crippen LogP contribution in [0.25, 0.3) is 0 Å². The van der Waals surface area contributed by atoms with E-state index in [0.717, 1.165) is 11.3 Å². The molecule has 1 atom stereocenters. The zero-order valence-corrected chi connectivity index (χ0v) is 17.5. The molecule has 0 aliphatic rings. The van der Waals surface area contributed by atoms with E-state index in [1.807, 2.05) is 38.1 Å². The lowest BCUT2D eigenvalue weighted by Crippen LogP contribution is -2.36. The van der Waals surface area contributed by atoms with Gasteiger partial charge in [0, 0.05) is 0 Å². The highest BCUT2D eigenvalue weighted by Gasteiger charge is 2.40. The molecule has 0 unspecified atom stereocenters.